The first-order valence-corrected chi connectivity index (χ1v) is 4.30. The Hall–Kier alpha value is -1.13. The first-order valence-electron chi connectivity index (χ1n) is 4.30. The Morgan fingerprint density at radius 2 is 2.25 bits per heavy atom. The molecule has 68 valence electrons. The lowest BCUT2D eigenvalue weighted by molar-refractivity contribution is 0.282. The average Bonchev–Trinajstić information content (AvgIpc) is 2.57. The summed E-state index contributed by atoms with van der Waals surface area (Å²) in [5.41, 5.74) is 0. The van der Waals surface area contributed by atoms with Crippen LogP contribution in [0.5, 0.6) is 6.01 Å². The van der Waals surface area contributed by atoms with Crippen molar-refractivity contribution in [1.82, 2.24) is 20.6 Å². The molecule has 5 heteroatoms. The van der Waals surface area contributed by atoms with E-state index in [-0.39, 0.29) is 0 Å². The molecule has 0 aliphatic heterocycles. The maximum absolute atomic E-state index is 5.20. The Bertz CT molecular complexity index is 187. The van der Waals surface area contributed by atoms with Gasteiger partial charge in [-0.05, 0) is 16.8 Å². The van der Waals surface area contributed by atoms with E-state index in [1.165, 1.54) is 19.3 Å². The van der Waals surface area contributed by atoms with Crippen molar-refractivity contribution in [3.05, 3.63) is 0 Å². The Morgan fingerprint density at radius 3 is 2.92 bits per heavy atom. The number of ether oxygens (including phenoxy) is 1. The molecule has 0 spiro atoms. The van der Waals surface area contributed by atoms with E-state index in [4.69, 9.17) is 4.74 Å². The number of rotatable bonds is 6. The molecule has 1 N–H and O–H groups in total. The lowest BCUT2D eigenvalue weighted by Gasteiger charge is -1.99. The fraction of sp³-hybridized carbons (Fsp3) is 0.857. The summed E-state index contributed by atoms with van der Waals surface area (Å²) in [6.07, 6.45) is 4.77. The summed E-state index contributed by atoms with van der Waals surface area (Å²) in [7, 11) is 0. The van der Waals surface area contributed by atoms with E-state index in [9.17, 15) is 0 Å². The number of hydrogen-bond donors (Lipinski definition) is 1. The standard InChI is InChI=1S/C7H14N4O/c1-2-3-4-5-6-12-7-8-10-11-9-7/h2-6H2,1H3,(H,8,9,10,11). The number of nitrogens with zero attached hydrogens (tertiary/aromatic N) is 3. The van der Waals surface area contributed by atoms with Gasteiger partial charge in [0.2, 0.25) is 0 Å². The molecule has 1 rings (SSSR count). The van der Waals surface area contributed by atoms with Crippen molar-refractivity contribution >= 4 is 0 Å². The molecule has 0 fully saturated rings. The van der Waals surface area contributed by atoms with Crippen LogP contribution in [0.1, 0.15) is 32.6 Å². The minimum atomic E-state index is 0.409. The van der Waals surface area contributed by atoms with Crippen molar-refractivity contribution in [1.29, 1.82) is 0 Å². The SMILES string of the molecule is CCCCCCOc1nnn[nH]1. The number of aromatic amines is 1. The summed E-state index contributed by atoms with van der Waals surface area (Å²) in [5, 5.41) is 12.9. The molecule has 0 atom stereocenters. The largest absolute Gasteiger partial charge is 0.463 e. The Kier molecular flexibility index (Phi) is 4.12. The highest BCUT2D eigenvalue weighted by atomic mass is 16.5. The molecule has 1 aromatic heterocycles. The van der Waals surface area contributed by atoms with Gasteiger partial charge in [-0.1, -0.05) is 31.3 Å². The zero-order valence-corrected chi connectivity index (χ0v) is 7.29. The Morgan fingerprint density at radius 1 is 1.33 bits per heavy atom. The molecule has 5 nitrogen and oxygen atoms in total. The van der Waals surface area contributed by atoms with E-state index < -0.39 is 0 Å². The molecule has 0 saturated carbocycles. The molecule has 0 radical (unpaired) electrons. The van der Waals surface area contributed by atoms with Crippen LogP contribution >= 0.6 is 0 Å². The highest BCUT2D eigenvalue weighted by Crippen LogP contribution is 2.00. The second-order valence-corrected chi connectivity index (χ2v) is 2.62. The van der Waals surface area contributed by atoms with E-state index in [1.54, 1.807) is 0 Å². The van der Waals surface area contributed by atoms with E-state index in [2.05, 4.69) is 27.5 Å². The molecule has 0 unspecified atom stereocenters. The maximum atomic E-state index is 5.20. The van der Waals surface area contributed by atoms with Crippen molar-refractivity contribution in [2.75, 3.05) is 6.61 Å². The monoisotopic (exact) mass is 170 g/mol. The summed E-state index contributed by atoms with van der Waals surface area (Å²) < 4.78 is 5.20. The summed E-state index contributed by atoms with van der Waals surface area (Å²) in [5.74, 6) is 0. The zero-order chi connectivity index (χ0) is 8.65. The van der Waals surface area contributed by atoms with Gasteiger partial charge in [0, 0.05) is 0 Å². The minimum Gasteiger partial charge on any atom is -0.463 e. The summed E-state index contributed by atoms with van der Waals surface area (Å²) in [6, 6.07) is 0.409. The average molecular weight is 170 g/mol. The van der Waals surface area contributed by atoms with E-state index in [1.807, 2.05) is 0 Å². The van der Waals surface area contributed by atoms with Gasteiger partial charge in [-0.25, -0.2) is 5.10 Å². The molecule has 0 bridgehead atoms. The number of nitrogens with one attached hydrogen (secondary N) is 1. The minimum absolute atomic E-state index is 0.409. The number of H-pyrrole nitrogens is 1. The molecular weight excluding hydrogens is 156 g/mol. The lowest BCUT2D eigenvalue weighted by atomic mass is 10.2. The van der Waals surface area contributed by atoms with Gasteiger partial charge in [-0.2, -0.15) is 0 Å². The Labute approximate surface area is 71.5 Å². The molecule has 1 heterocycles. The molecule has 0 saturated heterocycles. The topological polar surface area (TPSA) is 63.7 Å². The van der Waals surface area contributed by atoms with Crippen LogP contribution in [0.4, 0.5) is 0 Å². The molecule has 0 aliphatic rings. The van der Waals surface area contributed by atoms with Crippen LogP contribution in [0.25, 0.3) is 0 Å². The van der Waals surface area contributed by atoms with Crippen LogP contribution in [-0.2, 0) is 0 Å². The summed E-state index contributed by atoms with van der Waals surface area (Å²) in [6.45, 7) is 2.87. The lowest BCUT2D eigenvalue weighted by Crippen LogP contribution is -1.98. The van der Waals surface area contributed by atoms with Gasteiger partial charge in [0.05, 0.1) is 6.61 Å². The van der Waals surface area contributed by atoms with Crippen molar-refractivity contribution in [3.63, 3.8) is 0 Å². The van der Waals surface area contributed by atoms with Crippen LogP contribution in [0, 0.1) is 0 Å². The van der Waals surface area contributed by atoms with E-state index in [0.717, 1.165) is 6.42 Å². The molecule has 0 aliphatic carbocycles. The summed E-state index contributed by atoms with van der Waals surface area (Å²) in [4.78, 5) is 0. The fourth-order valence-corrected chi connectivity index (χ4v) is 0.909. The van der Waals surface area contributed by atoms with Crippen molar-refractivity contribution < 1.29 is 4.74 Å². The van der Waals surface area contributed by atoms with Crippen LogP contribution < -0.4 is 4.74 Å². The molecular formula is C7H14N4O. The highest BCUT2D eigenvalue weighted by Gasteiger charge is 1.95. The van der Waals surface area contributed by atoms with Gasteiger partial charge in [-0.3, -0.25) is 0 Å². The zero-order valence-electron chi connectivity index (χ0n) is 7.29. The molecule has 0 aromatic carbocycles. The van der Waals surface area contributed by atoms with Gasteiger partial charge in [0.15, 0.2) is 0 Å². The third-order valence-corrected chi connectivity index (χ3v) is 1.56. The second-order valence-electron chi connectivity index (χ2n) is 2.62. The third-order valence-electron chi connectivity index (χ3n) is 1.56. The van der Waals surface area contributed by atoms with Crippen LogP contribution in [0.2, 0.25) is 0 Å². The van der Waals surface area contributed by atoms with E-state index >= 15 is 0 Å². The van der Waals surface area contributed by atoms with Crippen LogP contribution in [0.3, 0.4) is 0 Å². The Balaban J connectivity index is 1.96. The van der Waals surface area contributed by atoms with Crippen molar-refractivity contribution in [2.24, 2.45) is 0 Å². The molecule has 1 aromatic rings. The van der Waals surface area contributed by atoms with Crippen LogP contribution in [-0.4, -0.2) is 27.2 Å². The van der Waals surface area contributed by atoms with Crippen LogP contribution in [0.15, 0.2) is 0 Å². The molecule has 12 heavy (non-hydrogen) atoms. The number of tetrazole rings is 1. The van der Waals surface area contributed by atoms with Gasteiger partial charge in [0.25, 0.3) is 0 Å². The quantitative estimate of drug-likeness (QED) is 0.650. The van der Waals surface area contributed by atoms with Gasteiger partial charge in [-0.15, -0.1) is 0 Å². The van der Waals surface area contributed by atoms with Crippen molar-refractivity contribution in [3.8, 4) is 6.01 Å². The predicted molar refractivity (Wildman–Crippen MR) is 43.8 cm³/mol. The number of aromatic nitrogens is 4. The van der Waals surface area contributed by atoms with Gasteiger partial charge in [0.1, 0.15) is 0 Å². The predicted octanol–water partition coefficient (Wildman–Crippen LogP) is 1.16. The number of unbranched alkanes of at least 4 members (excludes halogenated alkanes) is 3. The molecule has 0 amide bonds. The summed E-state index contributed by atoms with van der Waals surface area (Å²) >= 11 is 0. The first-order chi connectivity index (χ1) is 5.93. The smallest absolute Gasteiger partial charge is 0.332 e. The second kappa shape index (κ2) is 5.51. The van der Waals surface area contributed by atoms with E-state index in [0.29, 0.717) is 12.6 Å². The van der Waals surface area contributed by atoms with Crippen molar-refractivity contribution in [2.45, 2.75) is 32.6 Å². The van der Waals surface area contributed by atoms with Gasteiger partial charge < -0.3 is 4.74 Å². The number of hydrogen-bond acceptors (Lipinski definition) is 4. The van der Waals surface area contributed by atoms with Gasteiger partial charge >= 0.3 is 6.01 Å². The third kappa shape index (κ3) is 3.32. The fourth-order valence-electron chi connectivity index (χ4n) is 0.909. The normalized spacial score (nSPS) is 10.1. The highest BCUT2D eigenvalue weighted by molar-refractivity contribution is 4.80. The first kappa shape index (κ1) is 8.96. The maximum Gasteiger partial charge on any atom is 0.332 e.